The number of carbonyl (C=O) groups is 2. The largest absolute Gasteiger partial charge is 0.341 e. The fourth-order valence-corrected chi connectivity index (χ4v) is 2.55. The van der Waals surface area contributed by atoms with Crippen molar-refractivity contribution in [1.29, 1.82) is 5.41 Å². The Hall–Kier alpha value is -2.70. The number of carbonyl (C=O) groups excluding carboxylic acids is 2. The van der Waals surface area contributed by atoms with Gasteiger partial charge in [0.05, 0.1) is 13.1 Å². The maximum atomic E-state index is 12.3. The van der Waals surface area contributed by atoms with Crippen LogP contribution in [0.25, 0.3) is 0 Å². The van der Waals surface area contributed by atoms with E-state index in [0.717, 1.165) is 5.56 Å². The van der Waals surface area contributed by atoms with E-state index in [4.69, 9.17) is 5.41 Å². The first-order valence-electron chi connectivity index (χ1n) is 6.68. The number of amidine groups is 1. The normalized spacial score (nSPS) is 21.1. The minimum absolute atomic E-state index is 0.0489. The van der Waals surface area contributed by atoms with Crippen LogP contribution in [-0.4, -0.2) is 53.0 Å². The number of nitrogens with zero attached hydrogens (tertiary/aromatic N) is 3. The van der Waals surface area contributed by atoms with E-state index < -0.39 is 6.04 Å². The van der Waals surface area contributed by atoms with Crippen LogP contribution in [-0.2, 0) is 16.1 Å². The molecule has 108 valence electrons. The minimum atomic E-state index is -0.941. The molecule has 0 aliphatic carbocycles. The standard InChI is InChI=1S/C14H15N5O2/c15-12-11(17-9-20)13(21)18-7-6-16-14(18)19(12)8-10-4-2-1-3-5-10/h1-5,9,11,15H,6-8H2,(H,17,20). The van der Waals surface area contributed by atoms with Crippen molar-refractivity contribution < 1.29 is 9.59 Å². The zero-order valence-electron chi connectivity index (χ0n) is 11.3. The molecule has 2 aliphatic heterocycles. The van der Waals surface area contributed by atoms with Crippen LogP contribution in [0.4, 0.5) is 0 Å². The van der Waals surface area contributed by atoms with Gasteiger partial charge in [-0.15, -0.1) is 0 Å². The summed E-state index contributed by atoms with van der Waals surface area (Å²) < 4.78 is 0. The van der Waals surface area contributed by atoms with E-state index in [1.54, 1.807) is 4.90 Å². The molecule has 2 amide bonds. The number of fused-ring (bicyclic) bond motifs is 1. The Morgan fingerprint density at radius 1 is 1.38 bits per heavy atom. The molecule has 2 N–H and O–H groups in total. The minimum Gasteiger partial charge on any atom is -0.341 e. The highest BCUT2D eigenvalue weighted by molar-refractivity contribution is 6.21. The number of nitrogens with one attached hydrogen (secondary N) is 2. The van der Waals surface area contributed by atoms with Gasteiger partial charge in [0.15, 0.2) is 6.04 Å². The number of benzene rings is 1. The van der Waals surface area contributed by atoms with Crippen LogP contribution < -0.4 is 5.32 Å². The Morgan fingerprint density at radius 3 is 2.86 bits per heavy atom. The van der Waals surface area contributed by atoms with Crippen LogP contribution in [0.3, 0.4) is 0 Å². The van der Waals surface area contributed by atoms with Crippen molar-refractivity contribution in [1.82, 2.24) is 15.1 Å². The van der Waals surface area contributed by atoms with Crippen LogP contribution in [0.1, 0.15) is 5.56 Å². The van der Waals surface area contributed by atoms with Crippen molar-refractivity contribution in [3.8, 4) is 0 Å². The molecule has 0 spiro atoms. The third-order valence-electron chi connectivity index (χ3n) is 3.56. The van der Waals surface area contributed by atoms with Gasteiger partial charge >= 0.3 is 0 Å². The third kappa shape index (κ3) is 2.26. The highest BCUT2D eigenvalue weighted by Gasteiger charge is 2.43. The van der Waals surface area contributed by atoms with E-state index >= 15 is 0 Å². The summed E-state index contributed by atoms with van der Waals surface area (Å²) in [5.41, 5.74) is 1.01. The van der Waals surface area contributed by atoms with Crippen LogP contribution in [0.5, 0.6) is 0 Å². The highest BCUT2D eigenvalue weighted by atomic mass is 16.2. The van der Waals surface area contributed by atoms with Crippen molar-refractivity contribution in [2.45, 2.75) is 12.6 Å². The van der Waals surface area contributed by atoms with Gasteiger partial charge in [-0.1, -0.05) is 30.3 Å². The number of aliphatic imine (C=N–C) groups is 1. The first-order chi connectivity index (χ1) is 10.2. The summed E-state index contributed by atoms with van der Waals surface area (Å²) >= 11 is 0. The first kappa shape index (κ1) is 13.3. The summed E-state index contributed by atoms with van der Waals surface area (Å²) in [6.45, 7) is 1.45. The van der Waals surface area contributed by atoms with Gasteiger partial charge in [0, 0.05) is 6.54 Å². The molecular formula is C14H15N5O2. The van der Waals surface area contributed by atoms with Crippen molar-refractivity contribution in [2.24, 2.45) is 4.99 Å². The molecule has 21 heavy (non-hydrogen) atoms. The van der Waals surface area contributed by atoms with E-state index in [-0.39, 0.29) is 11.7 Å². The fraction of sp³-hybridized carbons (Fsp3) is 0.286. The Morgan fingerprint density at radius 2 is 2.14 bits per heavy atom. The van der Waals surface area contributed by atoms with Crippen molar-refractivity contribution in [2.75, 3.05) is 13.1 Å². The molecule has 1 atom stereocenters. The van der Waals surface area contributed by atoms with Gasteiger partial charge in [0.2, 0.25) is 12.4 Å². The molecule has 1 fully saturated rings. The number of guanidine groups is 1. The van der Waals surface area contributed by atoms with E-state index in [9.17, 15) is 9.59 Å². The van der Waals surface area contributed by atoms with Gasteiger partial charge in [-0.25, -0.2) is 0 Å². The van der Waals surface area contributed by atoms with E-state index in [0.29, 0.717) is 32.0 Å². The molecule has 2 heterocycles. The van der Waals surface area contributed by atoms with Gasteiger partial charge in [-0.2, -0.15) is 0 Å². The predicted molar refractivity (Wildman–Crippen MR) is 76.7 cm³/mol. The molecule has 0 aromatic heterocycles. The Kier molecular flexibility index (Phi) is 3.39. The number of hydrogen-bond donors (Lipinski definition) is 2. The summed E-state index contributed by atoms with van der Waals surface area (Å²) in [6, 6.07) is 8.72. The molecule has 0 radical (unpaired) electrons. The summed E-state index contributed by atoms with van der Waals surface area (Å²) in [5.74, 6) is 0.248. The lowest BCUT2D eigenvalue weighted by molar-refractivity contribution is -0.130. The van der Waals surface area contributed by atoms with Gasteiger partial charge in [-0.05, 0) is 5.56 Å². The summed E-state index contributed by atoms with van der Waals surface area (Å²) in [4.78, 5) is 30.5. The van der Waals surface area contributed by atoms with E-state index in [1.807, 2.05) is 30.3 Å². The lowest BCUT2D eigenvalue weighted by Gasteiger charge is -2.38. The van der Waals surface area contributed by atoms with Crippen LogP contribution in [0.2, 0.25) is 0 Å². The summed E-state index contributed by atoms with van der Waals surface area (Å²) in [6.07, 6.45) is 0.454. The van der Waals surface area contributed by atoms with Gasteiger partial charge in [-0.3, -0.25) is 29.8 Å². The lowest BCUT2D eigenvalue weighted by atomic mass is 10.1. The molecule has 7 nitrogen and oxygen atoms in total. The average Bonchev–Trinajstić information content (AvgIpc) is 2.99. The van der Waals surface area contributed by atoms with Gasteiger partial charge < -0.3 is 5.32 Å². The second-order valence-corrected chi connectivity index (χ2v) is 4.85. The fourth-order valence-electron chi connectivity index (χ4n) is 2.55. The monoisotopic (exact) mass is 285 g/mol. The van der Waals surface area contributed by atoms with E-state index in [1.165, 1.54) is 4.90 Å². The van der Waals surface area contributed by atoms with Crippen molar-refractivity contribution in [3.63, 3.8) is 0 Å². The summed E-state index contributed by atoms with van der Waals surface area (Å²) in [7, 11) is 0. The van der Waals surface area contributed by atoms with Crippen molar-refractivity contribution >= 4 is 24.1 Å². The third-order valence-corrected chi connectivity index (χ3v) is 3.56. The molecule has 1 aromatic carbocycles. The molecule has 2 aliphatic rings. The van der Waals surface area contributed by atoms with Crippen LogP contribution in [0.15, 0.2) is 35.3 Å². The average molecular weight is 285 g/mol. The molecule has 0 bridgehead atoms. The van der Waals surface area contributed by atoms with Gasteiger partial charge in [0.1, 0.15) is 5.84 Å². The lowest BCUT2D eigenvalue weighted by Crippen LogP contribution is -2.64. The van der Waals surface area contributed by atoms with Crippen molar-refractivity contribution in [3.05, 3.63) is 35.9 Å². The molecule has 1 aromatic rings. The quantitative estimate of drug-likeness (QED) is 0.750. The Bertz CT molecular complexity index is 613. The number of amides is 2. The second kappa shape index (κ2) is 5.35. The molecule has 0 saturated carbocycles. The molecule has 1 unspecified atom stereocenters. The zero-order valence-corrected chi connectivity index (χ0v) is 11.3. The summed E-state index contributed by atoms with van der Waals surface area (Å²) in [5, 5.41) is 10.6. The van der Waals surface area contributed by atoms with E-state index in [2.05, 4.69) is 10.3 Å². The number of rotatable bonds is 4. The highest BCUT2D eigenvalue weighted by Crippen LogP contribution is 2.19. The topological polar surface area (TPSA) is 88.9 Å². The smallest absolute Gasteiger partial charge is 0.259 e. The van der Waals surface area contributed by atoms with Gasteiger partial charge in [0.25, 0.3) is 5.91 Å². The molecule has 7 heteroatoms. The Labute approximate surface area is 121 Å². The maximum absolute atomic E-state index is 12.3. The maximum Gasteiger partial charge on any atom is 0.259 e. The second-order valence-electron chi connectivity index (χ2n) is 4.85. The molecule has 1 saturated heterocycles. The SMILES string of the molecule is N=C1C(NC=O)C(=O)N2CCN=C2N1Cc1ccccc1. The molecule has 3 rings (SSSR count). The Balaban J connectivity index is 1.91. The van der Waals surface area contributed by atoms with Crippen LogP contribution in [0, 0.1) is 5.41 Å². The van der Waals surface area contributed by atoms with Crippen LogP contribution >= 0.6 is 0 Å². The first-order valence-corrected chi connectivity index (χ1v) is 6.68. The zero-order chi connectivity index (χ0) is 14.8. The number of hydrogen-bond acceptors (Lipinski definition) is 4. The molecular weight excluding hydrogens is 270 g/mol. The predicted octanol–water partition coefficient (Wildman–Crippen LogP) is -0.208.